The molecule has 24 heavy (non-hydrogen) atoms. The maximum Gasteiger partial charge on any atom is 0.245 e. The zero-order chi connectivity index (χ0) is 18.9. The maximum atomic E-state index is 12.6. The molecule has 0 heterocycles. The Morgan fingerprint density at radius 1 is 1.21 bits per heavy atom. The molecule has 7 nitrogen and oxygen atoms in total. The molecule has 0 saturated heterocycles. The van der Waals surface area contributed by atoms with Gasteiger partial charge >= 0.3 is 0 Å². The highest BCUT2D eigenvalue weighted by atomic mass is 16.5. The topological polar surface area (TPSA) is 90.0 Å². The smallest absolute Gasteiger partial charge is 0.245 e. The number of rotatable bonds is 10. The summed E-state index contributed by atoms with van der Waals surface area (Å²) in [6, 6.07) is -0.669. The minimum atomic E-state index is -0.669. The highest BCUT2D eigenvalue weighted by Gasteiger charge is 2.35. The van der Waals surface area contributed by atoms with Gasteiger partial charge in [-0.15, -0.1) is 0 Å². The van der Waals surface area contributed by atoms with E-state index in [4.69, 9.17) is 0 Å². The van der Waals surface area contributed by atoms with Crippen LogP contribution < -0.4 is 5.32 Å². The van der Waals surface area contributed by atoms with Crippen LogP contribution in [0.25, 0.3) is 0 Å². The zero-order valence-corrected chi connectivity index (χ0v) is 15.8. The molecule has 140 valence electrons. The fourth-order valence-electron chi connectivity index (χ4n) is 2.38. The lowest BCUT2D eigenvalue weighted by Gasteiger charge is -2.33. The predicted molar refractivity (Wildman–Crippen MR) is 92.3 cm³/mol. The van der Waals surface area contributed by atoms with Gasteiger partial charge in [-0.25, -0.2) is 5.06 Å². The summed E-state index contributed by atoms with van der Waals surface area (Å²) in [6.45, 7) is 7.63. The summed E-state index contributed by atoms with van der Waals surface area (Å²) >= 11 is 0. The summed E-state index contributed by atoms with van der Waals surface area (Å²) in [7, 11) is 3.29. The first kappa shape index (κ1) is 22.4. The number of carbonyl (C=O) groups excluding carboxylic acids is 3. The third kappa shape index (κ3) is 7.77. The standard InChI is InChI=1S/C17H33N3O4/c1-7-8-9-10-13(11-20(24)12-21)15(22)18-14(17(2,3)4)16(23)19(5)6/h12-14,24H,7-11H2,1-6H3,(H,18,22). The summed E-state index contributed by atoms with van der Waals surface area (Å²) in [5.74, 6) is -1.05. The van der Waals surface area contributed by atoms with Crippen LogP contribution in [0.1, 0.15) is 53.4 Å². The SMILES string of the molecule is CCCCCC(CN(O)C=O)C(=O)NC(C(=O)N(C)C)C(C)(C)C. The van der Waals surface area contributed by atoms with Gasteiger partial charge in [0.1, 0.15) is 6.04 Å². The van der Waals surface area contributed by atoms with E-state index in [1.165, 1.54) is 4.90 Å². The third-order valence-electron chi connectivity index (χ3n) is 3.90. The fourth-order valence-corrected chi connectivity index (χ4v) is 2.38. The van der Waals surface area contributed by atoms with Crippen LogP contribution in [0.3, 0.4) is 0 Å². The first-order valence-corrected chi connectivity index (χ1v) is 8.46. The van der Waals surface area contributed by atoms with E-state index >= 15 is 0 Å². The van der Waals surface area contributed by atoms with E-state index in [-0.39, 0.29) is 24.8 Å². The molecular weight excluding hydrogens is 310 g/mol. The largest absolute Gasteiger partial charge is 0.347 e. The molecule has 0 aliphatic rings. The van der Waals surface area contributed by atoms with E-state index in [1.54, 1.807) is 14.1 Å². The van der Waals surface area contributed by atoms with Crippen LogP contribution in [0.4, 0.5) is 0 Å². The number of unbranched alkanes of at least 4 members (excludes halogenated alkanes) is 2. The second-order valence-corrected chi connectivity index (χ2v) is 7.46. The molecule has 0 fully saturated rings. The van der Waals surface area contributed by atoms with Gasteiger partial charge in [-0.1, -0.05) is 47.0 Å². The molecule has 0 radical (unpaired) electrons. The number of hydrogen-bond acceptors (Lipinski definition) is 4. The van der Waals surface area contributed by atoms with E-state index in [9.17, 15) is 19.6 Å². The monoisotopic (exact) mass is 343 g/mol. The van der Waals surface area contributed by atoms with Crippen molar-refractivity contribution in [3.05, 3.63) is 0 Å². The molecule has 2 unspecified atom stereocenters. The minimum Gasteiger partial charge on any atom is -0.347 e. The van der Waals surface area contributed by atoms with Gasteiger partial charge in [0.2, 0.25) is 18.2 Å². The van der Waals surface area contributed by atoms with Crippen LogP contribution in [-0.2, 0) is 14.4 Å². The predicted octanol–water partition coefficient (Wildman–Crippen LogP) is 1.65. The van der Waals surface area contributed by atoms with Gasteiger partial charge in [0.25, 0.3) is 0 Å². The van der Waals surface area contributed by atoms with Gasteiger partial charge in [-0.05, 0) is 11.8 Å². The van der Waals surface area contributed by atoms with Crippen molar-refractivity contribution < 1.29 is 19.6 Å². The van der Waals surface area contributed by atoms with Crippen molar-refractivity contribution in [1.29, 1.82) is 0 Å². The van der Waals surface area contributed by atoms with Gasteiger partial charge in [0.15, 0.2) is 0 Å². The van der Waals surface area contributed by atoms with Gasteiger partial charge in [-0.3, -0.25) is 19.6 Å². The molecule has 7 heteroatoms. The van der Waals surface area contributed by atoms with E-state index in [0.29, 0.717) is 11.5 Å². The molecule has 2 N–H and O–H groups in total. The highest BCUT2D eigenvalue weighted by Crippen LogP contribution is 2.22. The Hall–Kier alpha value is -1.63. The average molecular weight is 343 g/mol. The summed E-state index contributed by atoms with van der Waals surface area (Å²) in [5, 5.41) is 12.7. The van der Waals surface area contributed by atoms with Gasteiger partial charge in [0, 0.05) is 14.1 Å². The van der Waals surface area contributed by atoms with Crippen molar-refractivity contribution >= 4 is 18.2 Å². The van der Waals surface area contributed by atoms with Crippen LogP contribution in [0.2, 0.25) is 0 Å². The number of hydrogen-bond donors (Lipinski definition) is 2. The quantitative estimate of drug-likeness (QED) is 0.273. The molecule has 0 aromatic heterocycles. The molecule has 0 aromatic rings. The molecule has 3 amide bonds. The highest BCUT2D eigenvalue weighted by molar-refractivity contribution is 5.89. The van der Waals surface area contributed by atoms with Crippen LogP contribution in [0.5, 0.6) is 0 Å². The Morgan fingerprint density at radius 2 is 1.79 bits per heavy atom. The Kier molecular flexibility index (Phi) is 9.58. The Morgan fingerprint density at radius 3 is 2.21 bits per heavy atom. The molecule has 0 rings (SSSR count). The van der Waals surface area contributed by atoms with E-state index in [2.05, 4.69) is 12.2 Å². The molecule has 2 atom stereocenters. The van der Waals surface area contributed by atoms with Crippen LogP contribution in [0, 0.1) is 11.3 Å². The van der Waals surface area contributed by atoms with Crippen LogP contribution >= 0.6 is 0 Å². The molecule has 0 aliphatic heterocycles. The van der Waals surface area contributed by atoms with Gasteiger partial charge in [0.05, 0.1) is 12.5 Å². The van der Waals surface area contributed by atoms with Gasteiger partial charge < -0.3 is 10.2 Å². The summed E-state index contributed by atoms with van der Waals surface area (Å²) < 4.78 is 0. The number of carbonyl (C=O) groups is 3. The summed E-state index contributed by atoms with van der Waals surface area (Å²) in [5.41, 5.74) is -0.450. The third-order valence-corrected chi connectivity index (χ3v) is 3.90. The molecule has 0 aliphatic carbocycles. The first-order valence-electron chi connectivity index (χ1n) is 8.46. The van der Waals surface area contributed by atoms with Crippen molar-refractivity contribution in [3.8, 4) is 0 Å². The molecule has 0 aromatic carbocycles. The number of nitrogens with zero attached hydrogens (tertiary/aromatic N) is 2. The number of likely N-dealkylation sites (N-methyl/N-ethyl adjacent to an activating group) is 1. The lowest BCUT2D eigenvalue weighted by molar-refractivity contribution is -0.155. The Bertz CT molecular complexity index is 419. The van der Waals surface area contributed by atoms with Crippen molar-refractivity contribution in [3.63, 3.8) is 0 Å². The van der Waals surface area contributed by atoms with Crippen LogP contribution in [0.15, 0.2) is 0 Å². The second-order valence-electron chi connectivity index (χ2n) is 7.46. The zero-order valence-electron chi connectivity index (χ0n) is 15.8. The van der Waals surface area contributed by atoms with E-state index in [1.807, 2.05) is 20.8 Å². The summed E-state index contributed by atoms with van der Waals surface area (Å²) in [4.78, 5) is 37.1. The summed E-state index contributed by atoms with van der Waals surface area (Å²) in [6.07, 6.45) is 3.64. The van der Waals surface area contributed by atoms with E-state index < -0.39 is 17.4 Å². The normalized spacial score (nSPS) is 13.8. The molecule has 0 saturated carbocycles. The van der Waals surface area contributed by atoms with Crippen molar-refractivity contribution in [2.45, 2.75) is 59.4 Å². The molecule has 0 spiro atoms. The first-order chi connectivity index (χ1) is 11.0. The lowest BCUT2D eigenvalue weighted by Crippen LogP contribution is -2.55. The minimum absolute atomic E-state index is 0.0773. The van der Waals surface area contributed by atoms with Crippen molar-refractivity contribution in [1.82, 2.24) is 15.3 Å². The number of amides is 3. The average Bonchev–Trinajstić information content (AvgIpc) is 2.49. The van der Waals surface area contributed by atoms with E-state index in [0.717, 1.165) is 19.3 Å². The Balaban J connectivity index is 5.14. The van der Waals surface area contributed by atoms with Crippen molar-refractivity contribution in [2.24, 2.45) is 11.3 Å². The molecular formula is C17H33N3O4. The Labute approximate surface area is 145 Å². The maximum absolute atomic E-state index is 12.6. The molecule has 0 bridgehead atoms. The van der Waals surface area contributed by atoms with Gasteiger partial charge in [-0.2, -0.15) is 0 Å². The fraction of sp³-hybridized carbons (Fsp3) is 0.824. The number of nitrogens with one attached hydrogen (secondary N) is 1. The van der Waals surface area contributed by atoms with Crippen LogP contribution in [-0.4, -0.2) is 60.1 Å². The number of hydroxylamine groups is 2. The lowest BCUT2D eigenvalue weighted by atomic mass is 9.85. The second kappa shape index (κ2) is 10.3. The van der Waals surface area contributed by atoms with Crippen molar-refractivity contribution in [2.75, 3.05) is 20.6 Å².